The molecule has 2 aromatic rings. The summed E-state index contributed by atoms with van der Waals surface area (Å²) in [5, 5.41) is 0. The van der Waals surface area contributed by atoms with Crippen LogP contribution in [0.3, 0.4) is 0 Å². The maximum atomic E-state index is 13.5. The van der Waals surface area contributed by atoms with Gasteiger partial charge in [0.25, 0.3) is 0 Å². The number of carbonyl (C=O) groups excluding carboxylic acids is 1. The summed E-state index contributed by atoms with van der Waals surface area (Å²) < 4.78 is 36.7. The van der Waals surface area contributed by atoms with Crippen molar-refractivity contribution >= 4 is 30.8 Å². The Morgan fingerprint density at radius 1 is 1.24 bits per heavy atom. The Bertz CT molecular complexity index is 830. The maximum absolute atomic E-state index is 13.5. The predicted molar refractivity (Wildman–Crippen MR) is 90.5 cm³/mol. The number of rotatable bonds is 4. The minimum absolute atomic E-state index is 0. The van der Waals surface area contributed by atoms with E-state index in [1.165, 1.54) is 13.2 Å². The van der Waals surface area contributed by atoms with Crippen LogP contribution in [-0.2, 0) is 16.1 Å². The number of aromatic nitrogens is 2. The molecule has 0 aliphatic heterocycles. The lowest BCUT2D eigenvalue weighted by Crippen LogP contribution is -2.34. The van der Waals surface area contributed by atoms with Gasteiger partial charge in [-0.15, -0.1) is 24.8 Å². The molecule has 0 unspecified atom stereocenters. The van der Waals surface area contributed by atoms with Crippen molar-refractivity contribution in [2.24, 2.45) is 0 Å². The Morgan fingerprint density at radius 2 is 1.88 bits per heavy atom. The van der Waals surface area contributed by atoms with Gasteiger partial charge in [-0.05, 0) is 18.2 Å². The Balaban J connectivity index is 0.00000288. The van der Waals surface area contributed by atoms with Crippen LogP contribution in [0.5, 0.6) is 0 Å². The molecular formula is C14H15Cl2F2N3O4. The minimum Gasteiger partial charge on any atom is -0.465 e. The first-order valence-electron chi connectivity index (χ1n) is 6.34. The molecule has 1 aromatic heterocycles. The van der Waals surface area contributed by atoms with Gasteiger partial charge in [0.1, 0.15) is 5.56 Å². The molecule has 1 aromatic carbocycles. The van der Waals surface area contributed by atoms with Crippen LogP contribution in [0.1, 0.15) is 16.1 Å². The highest BCUT2D eigenvalue weighted by molar-refractivity contribution is 5.97. The van der Waals surface area contributed by atoms with Crippen molar-refractivity contribution in [2.45, 2.75) is 6.61 Å². The van der Waals surface area contributed by atoms with Crippen LogP contribution >= 0.6 is 24.8 Å². The monoisotopic (exact) mass is 397 g/mol. The van der Waals surface area contributed by atoms with Crippen molar-refractivity contribution in [3.05, 3.63) is 51.6 Å². The summed E-state index contributed by atoms with van der Waals surface area (Å²) in [6.45, 7) is -0.169. The average molecular weight is 398 g/mol. The fraction of sp³-hybridized carbons (Fsp3) is 0.214. The Labute approximate surface area is 153 Å². The van der Waals surface area contributed by atoms with Gasteiger partial charge in [-0.3, -0.25) is 0 Å². The van der Waals surface area contributed by atoms with Crippen LogP contribution in [-0.4, -0.2) is 29.8 Å². The van der Waals surface area contributed by atoms with Gasteiger partial charge < -0.3 is 15.3 Å². The van der Waals surface area contributed by atoms with Gasteiger partial charge in [0, 0.05) is 12.7 Å². The quantitative estimate of drug-likeness (QED) is 0.622. The molecular weight excluding hydrogens is 383 g/mol. The summed E-state index contributed by atoms with van der Waals surface area (Å²) in [5.41, 5.74) is -1.20. The van der Waals surface area contributed by atoms with E-state index in [1.807, 2.05) is 0 Å². The molecule has 7 nitrogen and oxygen atoms in total. The molecule has 0 radical (unpaired) electrons. The van der Waals surface area contributed by atoms with Gasteiger partial charge in [-0.1, -0.05) is 0 Å². The van der Waals surface area contributed by atoms with E-state index < -0.39 is 23.3 Å². The first kappa shape index (κ1) is 22.8. The lowest BCUT2D eigenvalue weighted by atomic mass is 10.0. The molecule has 0 aliphatic rings. The largest absolute Gasteiger partial charge is 0.465 e. The van der Waals surface area contributed by atoms with E-state index in [0.717, 1.165) is 19.2 Å². The fourth-order valence-corrected chi connectivity index (χ4v) is 2.06. The van der Waals surface area contributed by atoms with Crippen molar-refractivity contribution < 1.29 is 23.0 Å². The molecule has 0 amide bonds. The number of benzene rings is 1. The average Bonchev–Trinajstić information content (AvgIpc) is 2.52. The number of hydrogen-bond donors (Lipinski definition) is 1. The molecule has 0 spiro atoms. The number of nitrogens with zero attached hydrogens (tertiary/aromatic N) is 2. The predicted octanol–water partition coefficient (Wildman–Crippen LogP) is 1.68. The summed E-state index contributed by atoms with van der Waals surface area (Å²) in [6.07, 6.45) is 0. The maximum Gasteiger partial charge on any atom is 0.366 e. The van der Waals surface area contributed by atoms with E-state index in [2.05, 4.69) is 9.72 Å². The number of nitrogen functional groups attached to an aromatic ring is 1. The number of esters is 1. The Hall–Kier alpha value is -2.23. The molecule has 11 heteroatoms. The van der Waals surface area contributed by atoms with Crippen molar-refractivity contribution in [3.63, 3.8) is 0 Å². The van der Waals surface area contributed by atoms with Gasteiger partial charge >= 0.3 is 11.7 Å². The fourth-order valence-electron chi connectivity index (χ4n) is 2.06. The number of hydrogen-bond acceptors (Lipinski definition) is 6. The summed E-state index contributed by atoms with van der Waals surface area (Å²) >= 11 is 0. The highest BCUT2D eigenvalue weighted by Gasteiger charge is 2.24. The zero-order valence-corrected chi connectivity index (χ0v) is 14.7. The van der Waals surface area contributed by atoms with E-state index in [9.17, 15) is 18.4 Å². The molecule has 2 rings (SSSR count). The van der Waals surface area contributed by atoms with Crippen molar-refractivity contribution in [1.82, 2.24) is 9.66 Å². The topological polar surface area (TPSA) is 96.4 Å². The standard InChI is InChI=1S/C14H13F2N3O4.2ClH/c1-22-6-10-11(13(20)23-2)12(19(17)14(21)18-10)7-3-4-8(15)9(16)5-7;;/h3-5H,6,17H2,1-2H3;2*1H. The first-order valence-corrected chi connectivity index (χ1v) is 6.34. The van der Waals surface area contributed by atoms with Crippen LogP contribution in [0.15, 0.2) is 23.0 Å². The number of halogens is 4. The van der Waals surface area contributed by atoms with Crippen LogP contribution in [0.4, 0.5) is 8.78 Å². The molecule has 0 bridgehead atoms. The van der Waals surface area contributed by atoms with Gasteiger partial charge in [0.05, 0.1) is 25.1 Å². The molecule has 0 saturated carbocycles. The number of ether oxygens (including phenoxy) is 2. The summed E-state index contributed by atoms with van der Waals surface area (Å²) in [4.78, 5) is 27.6. The molecule has 25 heavy (non-hydrogen) atoms. The van der Waals surface area contributed by atoms with Crippen molar-refractivity contribution in [2.75, 3.05) is 20.1 Å². The zero-order valence-electron chi connectivity index (χ0n) is 13.1. The normalized spacial score (nSPS) is 9.76. The molecule has 0 fully saturated rings. The van der Waals surface area contributed by atoms with E-state index in [1.54, 1.807) is 0 Å². The summed E-state index contributed by atoms with van der Waals surface area (Å²) in [7, 11) is 2.47. The third-order valence-corrected chi connectivity index (χ3v) is 3.07. The van der Waals surface area contributed by atoms with E-state index in [4.69, 9.17) is 10.6 Å². The number of methoxy groups -OCH3 is 2. The van der Waals surface area contributed by atoms with E-state index in [0.29, 0.717) is 4.68 Å². The molecule has 2 N–H and O–H groups in total. The second kappa shape index (κ2) is 9.30. The minimum atomic E-state index is -1.16. The SMILES string of the molecule is COCc1nc(=O)n(N)c(-c2ccc(F)c(F)c2)c1C(=O)OC.Cl.Cl. The third-order valence-electron chi connectivity index (χ3n) is 3.07. The molecule has 0 saturated heterocycles. The third kappa shape index (κ3) is 4.44. The van der Waals surface area contributed by atoms with E-state index >= 15 is 0 Å². The Kier molecular flexibility index (Phi) is 8.47. The number of carbonyl (C=O) groups is 1. The van der Waals surface area contributed by atoms with Crippen LogP contribution in [0.25, 0.3) is 11.3 Å². The molecule has 1 heterocycles. The summed E-state index contributed by atoms with van der Waals surface area (Å²) in [5.74, 6) is 2.56. The lowest BCUT2D eigenvalue weighted by molar-refractivity contribution is 0.0594. The second-order valence-electron chi connectivity index (χ2n) is 4.49. The molecule has 0 aliphatic carbocycles. The number of nitrogens with two attached hydrogens (primary N) is 1. The van der Waals surface area contributed by atoms with Crippen LogP contribution < -0.4 is 11.5 Å². The van der Waals surface area contributed by atoms with Gasteiger partial charge in [-0.2, -0.15) is 4.98 Å². The van der Waals surface area contributed by atoms with Gasteiger partial charge in [0.2, 0.25) is 0 Å². The van der Waals surface area contributed by atoms with E-state index in [-0.39, 0.29) is 53.9 Å². The van der Waals surface area contributed by atoms with Crippen molar-refractivity contribution in [1.29, 1.82) is 0 Å². The first-order chi connectivity index (χ1) is 10.9. The summed E-state index contributed by atoms with van der Waals surface area (Å²) in [6, 6.07) is 2.85. The van der Waals surface area contributed by atoms with Gasteiger partial charge in [-0.25, -0.2) is 23.0 Å². The lowest BCUT2D eigenvalue weighted by Gasteiger charge is -2.15. The molecule has 138 valence electrons. The zero-order chi connectivity index (χ0) is 17.1. The van der Waals surface area contributed by atoms with Crippen molar-refractivity contribution in [3.8, 4) is 11.3 Å². The Morgan fingerprint density at radius 3 is 2.40 bits per heavy atom. The van der Waals surface area contributed by atoms with Crippen LogP contribution in [0, 0.1) is 11.6 Å². The second-order valence-corrected chi connectivity index (χ2v) is 4.49. The smallest absolute Gasteiger partial charge is 0.366 e. The molecule has 0 atom stereocenters. The van der Waals surface area contributed by atoms with Crippen LogP contribution in [0.2, 0.25) is 0 Å². The van der Waals surface area contributed by atoms with Gasteiger partial charge in [0.15, 0.2) is 11.6 Å². The highest BCUT2D eigenvalue weighted by atomic mass is 35.5. The highest BCUT2D eigenvalue weighted by Crippen LogP contribution is 2.26.